The van der Waals surface area contributed by atoms with Crippen LogP contribution in [-0.4, -0.2) is 62.0 Å². The quantitative estimate of drug-likeness (QED) is 0.595. The van der Waals surface area contributed by atoms with E-state index in [1.807, 2.05) is 0 Å². The van der Waals surface area contributed by atoms with Crippen molar-refractivity contribution in [2.24, 2.45) is 0 Å². The molecule has 2 N–H and O–H groups in total. The van der Waals surface area contributed by atoms with Gasteiger partial charge in [-0.1, -0.05) is 6.42 Å². The predicted octanol–water partition coefficient (Wildman–Crippen LogP) is 0.459. The van der Waals surface area contributed by atoms with Gasteiger partial charge < -0.3 is 20.1 Å². The maximum atomic E-state index is 8.54. The minimum Gasteiger partial charge on any atom is -0.394 e. The van der Waals surface area contributed by atoms with Crippen LogP contribution in [0, 0.1) is 0 Å². The van der Waals surface area contributed by atoms with Crippen LogP contribution in [0.3, 0.4) is 0 Å². The van der Waals surface area contributed by atoms with Crippen molar-refractivity contribution in [1.82, 2.24) is 10.2 Å². The molecule has 0 aromatic heterocycles. The van der Waals surface area contributed by atoms with Crippen molar-refractivity contribution in [3.63, 3.8) is 0 Å². The Kier molecular flexibility index (Phi) is 7.76. The normalized spacial score (nSPS) is 19.9. The highest BCUT2D eigenvalue weighted by Gasteiger charge is 2.12. The first-order valence-corrected chi connectivity index (χ1v) is 6.47. The molecule has 1 aliphatic heterocycles. The maximum Gasteiger partial charge on any atom is 0.0698 e. The number of hydrogen-bond acceptors (Lipinski definition) is 4. The summed E-state index contributed by atoms with van der Waals surface area (Å²) in [7, 11) is 0. The van der Waals surface area contributed by atoms with Crippen molar-refractivity contribution in [3.05, 3.63) is 0 Å². The molecule has 0 aliphatic carbocycles. The van der Waals surface area contributed by atoms with Gasteiger partial charge in [-0.25, -0.2) is 0 Å². The minimum absolute atomic E-state index is 0.114. The van der Waals surface area contributed by atoms with Crippen molar-refractivity contribution in [3.8, 4) is 0 Å². The predicted molar refractivity (Wildman–Crippen MR) is 65.7 cm³/mol. The third kappa shape index (κ3) is 6.43. The van der Waals surface area contributed by atoms with E-state index >= 15 is 0 Å². The fourth-order valence-electron chi connectivity index (χ4n) is 2.14. The van der Waals surface area contributed by atoms with Crippen molar-refractivity contribution in [2.75, 3.05) is 46.0 Å². The zero-order valence-corrected chi connectivity index (χ0v) is 10.5. The highest BCUT2D eigenvalue weighted by atomic mass is 16.5. The van der Waals surface area contributed by atoms with Crippen LogP contribution in [0.2, 0.25) is 0 Å². The Bertz CT molecular complexity index is 161. The SMILES string of the molecule is CC(CN1CCCCC1)NCCOCCO. The Morgan fingerprint density at radius 3 is 2.69 bits per heavy atom. The average molecular weight is 230 g/mol. The topological polar surface area (TPSA) is 44.7 Å². The molecule has 16 heavy (non-hydrogen) atoms. The van der Waals surface area contributed by atoms with Crippen LogP contribution in [0.15, 0.2) is 0 Å². The number of aliphatic hydroxyl groups excluding tert-OH is 1. The second kappa shape index (κ2) is 8.93. The summed E-state index contributed by atoms with van der Waals surface area (Å²) in [4.78, 5) is 2.54. The molecule has 0 aromatic rings. The Morgan fingerprint density at radius 2 is 2.00 bits per heavy atom. The molecule has 96 valence electrons. The molecule has 0 aromatic carbocycles. The van der Waals surface area contributed by atoms with Gasteiger partial charge in [-0.15, -0.1) is 0 Å². The van der Waals surface area contributed by atoms with Crippen LogP contribution in [0.4, 0.5) is 0 Å². The number of nitrogens with zero attached hydrogens (tertiary/aromatic N) is 1. The van der Waals surface area contributed by atoms with Gasteiger partial charge in [0.05, 0.1) is 19.8 Å². The molecule has 4 nitrogen and oxygen atoms in total. The van der Waals surface area contributed by atoms with Gasteiger partial charge in [-0.05, 0) is 32.9 Å². The molecule has 1 heterocycles. The lowest BCUT2D eigenvalue weighted by molar-refractivity contribution is 0.0916. The van der Waals surface area contributed by atoms with E-state index in [0.717, 1.165) is 13.1 Å². The van der Waals surface area contributed by atoms with E-state index in [9.17, 15) is 0 Å². The fraction of sp³-hybridized carbons (Fsp3) is 1.00. The van der Waals surface area contributed by atoms with Gasteiger partial charge in [-0.3, -0.25) is 0 Å². The second-order valence-corrected chi connectivity index (χ2v) is 4.55. The molecule has 0 spiro atoms. The van der Waals surface area contributed by atoms with Crippen LogP contribution < -0.4 is 5.32 Å². The summed E-state index contributed by atoms with van der Waals surface area (Å²) in [5, 5.41) is 12.0. The molecule has 1 atom stereocenters. The molecular weight excluding hydrogens is 204 g/mol. The molecule has 1 aliphatic rings. The highest BCUT2D eigenvalue weighted by molar-refractivity contribution is 4.70. The molecule has 1 rings (SSSR count). The number of piperidine rings is 1. The first kappa shape index (κ1) is 13.9. The third-order valence-electron chi connectivity index (χ3n) is 2.96. The molecule has 0 amide bonds. The standard InChI is InChI=1S/C12H26N2O2/c1-12(13-5-9-16-10-8-15)11-14-6-3-2-4-7-14/h12-13,15H,2-11H2,1H3. The third-order valence-corrected chi connectivity index (χ3v) is 2.96. The van der Waals surface area contributed by atoms with Gasteiger partial charge >= 0.3 is 0 Å². The van der Waals surface area contributed by atoms with Gasteiger partial charge in [0.25, 0.3) is 0 Å². The Balaban J connectivity index is 1.95. The van der Waals surface area contributed by atoms with Crippen LogP contribution in [0.25, 0.3) is 0 Å². The lowest BCUT2D eigenvalue weighted by Gasteiger charge is -2.29. The Labute approximate surface area is 99.0 Å². The summed E-state index contributed by atoms with van der Waals surface area (Å²) in [6.45, 7) is 7.99. The first-order valence-electron chi connectivity index (χ1n) is 6.47. The Morgan fingerprint density at radius 1 is 1.25 bits per heavy atom. The zero-order chi connectivity index (χ0) is 11.6. The van der Waals surface area contributed by atoms with E-state index in [-0.39, 0.29) is 6.61 Å². The summed E-state index contributed by atoms with van der Waals surface area (Å²) in [6, 6.07) is 0.524. The summed E-state index contributed by atoms with van der Waals surface area (Å²) >= 11 is 0. The number of aliphatic hydroxyl groups is 1. The van der Waals surface area contributed by atoms with Crippen LogP contribution in [0.1, 0.15) is 26.2 Å². The summed E-state index contributed by atoms with van der Waals surface area (Å²) in [5.41, 5.74) is 0. The van der Waals surface area contributed by atoms with Crippen LogP contribution >= 0.6 is 0 Å². The van der Waals surface area contributed by atoms with Crippen LogP contribution in [0.5, 0.6) is 0 Å². The molecule has 1 saturated heterocycles. The summed E-state index contributed by atoms with van der Waals surface area (Å²) in [5.74, 6) is 0. The molecule has 0 radical (unpaired) electrons. The summed E-state index contributed by atoms with van der Waals surface area (Å²) in [6.07, 6.45) is 4.10. The lowest BCUT2D eigenvalue weighted by Crippen LogP contribution is -2.42. The van der Waals surface area contributed by atoms with E-state index in [1.54, 1.807) is 0 Å². The molecule has 1 unspecified atom stereocenters. The van der Waals surface area contributed by atoms with Gasteiger partial charge in [0, 0.05) is 19.1 Å². The van der Waals surface area contributed by atoms with Crippen molar-refractivity contribution >= 4 is 0 Å². The first-order chi connectivity index (χ1) is 7.83. The number of likely N-dealkylation sites (tertiary alicyclic amines) is 1. The average Bonchev–Trinajstić information content (AvgIpc) is 2.30. The van der Waals surface area contributed by atoms with Gasteiger partial charge in [0.1, 0.15) is 0 Å². The Hall–Kier alpha value is -0.160. The smallest absolute Gasteiger partial charge is 0.0698 e. The lowest BCUT2D eigenvalue weighted by atomic mass is 10.1. The van der Waals surface area contributed by atoms with Gasteiger partial charge in [-0.2, -0.15) is 0 Å². The van der Waals surface area contributed by atoms with E-state index in [1.165, 1.54) is 32.4 Å². The molecule has 4 heteroatoms. The molecule has 0 saturated carbocycles. The van der Waals surface area contributed by atoms with Crippen molar-refractivity contribution < 1.29 is 9.84 Å². The molecular formula is C12H26N2O2. The zero-order valence-electron chi connectivity index (χ0n) is 10.5. The summed E-state index contributed by atoms with van der Waals surface area (Å²) < 4.78 is 5.20. The number of nitrogens with one attached hydrogen (secondary N) is 1. The molecule has 1 fully saturated rings. The van der Waals surface area contributed by atoms with E-state index in [2.05, 4.69) is 17.1 Å². The largest absolute Gasteiger partial charge is 0.394 e. The number of ether oxygens (including phenoxy) is 1. The minimum atomic E-state index is 0.114. The van der Waals surface area contributed by atoms with Gasteiger partial charge in [0.2, 0.25) is 0 Å². The van der Waals surface area contributed by atoms with E-state index in [4.69, 9.17) is 9.84 Å². The van der Waals surface area contributed by atoms with E-state index in [0.29, 0.717) is 19.3 Å². The number of hydrogen-bond donors (Lipinski definition) is 2. The van der Waals surface area contributed by atoms with Gasteiger partial charge in [0.15, 0.2) is 0 Å². The second-order valence-electron chi connectivity index (χ2n) is 4.55. The van der Waals surface area contributed by atoms with E-state index < -0.39 is 0 Å². The van der Waals surface area contributed by atoms with Crippen LogP contribution in [-0.2, 0) is 4.74 Å². The number of rotatable bonds is 8. The van der Waals surface area contributed by atoms with Crippen molar-refractivity contribution in [2.45, 2.75) is 32.2 Å². The van der Waals surface area contributed by atoms with Crippen molar-refractivity contribution in [1.29, 1.82) is 0 Å². The monoisotopic (exact) mass is 230 g/mol. The maximum absolute atomic E-state index is 8.54. The molecule has 0 bridgehead atoms. The fourth-order valence-corrected chi connectivity index (χ4v) is 2.14. The highest BCUT2D eigenvalue weighted by Crippen LogP contribution is 2.08.